The predicted octanol–water partition coefficient (Wildman–Crippen LogP) is 3.64. The number of nitrogens with two attached hydrogens (primary N) is 1. The fourth-order valence-electron chi connectivity index (χ4n) is 6.82. The van der Waals surface area contributed by atoms with Crippen molar-refractivity contribution in [1.29, 1.82) is 0 Å². The monoisotopic (exact) mass is 538 g/mol. The summed E-state index contributed by atoms with van der Waals surface area (Å²) in [6, 6.07) is 4.60. The van der Waals surface area contributed by atoms with Gasteiger partial charge in [-0.2, -0.15) is 0 Å². The van der Waals surface area contributed by atoms with Crippen LogP contribution in [0.3, 0.4) is 0 Å². The molecule has 214 valence electrons. The summed E-state index contributed by atoms with van der Waals surface area (Å²) in [5.41, 5.74) is 8.58. The number of para-hydroxylation sites is 1. The second-order valence-corrected chi connectivity index (χ2v) is 12.2. The van der Waals surface area contributed by atoms with E-state index in [0.29, 0.717) is 44.6 Å². The zero-order valence-corrected chi connectivity index (χ0v) is 23.8. The van der Waals surface area contributed by atoms with Crippen LogP contribution in [0.5, 0.6) is 0 Å². The van der Waals surface area contributed by atoms with Crippen LogP contribution in [-0.2, 0) is 32.0 Å². The molecule has 4 rings (SSSR count). The van der Waals surface area contributed by atoms with E-state index in [1.807, 2.05) is 39.0 Å². The number of aryl methyl sites for hydroxylation is 1. The maximum Gasteiger partial charge on any atom is 0.250 e. The third-order valence-corrected chi connectivity index (χ3v) is 8.83. The Morgan fingerprint density at radius 3 is 2.44 bits per heavy atom. The topological polar surface area (TPSA) is 122 Å². The van der Waals surface area contributed by atoms with Gasteiger partial charge in [-0.25, -0.2) is 0 Å². The summed E-state index contributed by atoms with van der Waals surface area (Å²) >= 11 is 0. The minimum absolute atomic E-state index is 0.127. The minimum atomic E-state index is -0.769. The lowest BCUT2D eigenvalue weighted by Gasteiger charge is -2.30. The molecule has 4 atom stereocenters. The summed E-state index contributed by atoms with van der Waals surface area (Å²) < 4.78 is 0. The molecule has 8 heteroatoms. The lowest BCUT2D eigenvalue weighted by Crippen LogP contribution is -2.56. The van der Waals surface area contributed by atoms with Crippen molar-refractivity contribution in [3.8, 4) is 0 Å². The Bertz CT molecular complexity index is 1060. The Morgan fingerprint density at radius 2 is 1.77 bits per heavy atom. The number of carbonyl (C=O) groups excluding carboxylic acids is 4. The standard InChI is InChI=1S/C31H46N4O4/c1-4-9-23(28(32)36)24(16-19(2)3)29(37)34-25-15-14-21-12-8-13-22-17-26(35(27(21)22)31(25)39)30(38)33-18-20-10-6-5-7-11-20/h8,12-13,19-20,23-26H,4-7,9-11,14-18H2,1-3H3,(H2,32,36)(H,33,38)(H,34,37)/t23-,24+,25-,26-/m0/s1. The normalized spacial score (nSPS) is 22.7. The van der Waals surface area contributed by atoms with Gasteiger partial charge in [0.25, 0.3) is 0 Å². The maximum absolute atomic E-state index is 14.0. The second-order valence-electron chi connectivity index (χ2n) is 12.2. The Labute approximate surface area is 232 Å². The minimum Gasteiger partial charge on any atom is -0.369 e. The summed E-state index contributed by atoms with van der Waals surface area (Å²) in [5.74, 6) is -1.65. The lowest BCUT2D eigenvalue weighted by molar-refractivity contribution is -0.136. The zero-order chi connectivity index (χ0) is 28.1. The van der Waals surface area contributed by atoms with Crippen LogP contribution in [0.2, 0.25) is 0 Å². The van der Waals surface area contributed by atoms with E-state index in [4.69, 9.17) is 5.73 Å². The summed E-state index contributed by atoms with van der Waals surface area (Å²) in [6.45, 7) is 6.64. The lowest BCUT2D eigenvalue weighted by atomic mass is 9.81. The van der Waals surface area contributed by atoms with Crippen LogP contribution in [0.1, 0.15) is 89.7 Å². The molecule has 0 radical (unpaired) electrons. The molecule has 8 nitrogen and oxygen atoms in total. The number of anilines is 1. The van der Waals surface area contributed by atoms with Gasteiger partial charge in [0.15, 0.2) is 0 Å². The Kier molecular flexibility index (Phi) is 9.67. The number of nitrogens with zero attached hydrogens (tertiary/aromatic N) is 1. The highest BCUT2D eigenvalue weighted by Crippen LogP contribution is 2.39. The number of rotatable bonds is 11. The summed E-state index contributed by atoms with van der Waals surface area (Å²) in [5, 5.41) is 6.15. The van der Waals surface area contributed by atoms with Crippen LogP contribution in [-0.4, -0.2) is 42.3 Å². The molecule has 2 aliphatic heterocycles. The van der Waals surface area contributed by atoms with Crippen LogP contribution in [0.25, 0.3) is 0 Å². The predicted molar refractivity (Wildman–Crippen MR) is 152 cm³/mol. The van der Waals surface area contributed by atoms with Gasteiger partial charge >= 0.3 is 0 Å². The van der Waals surface area contributed by atoms with Crippen molar-refractivity contribution in [3.05, 3.63) is 29.3 Å². The first-order valence-electron chi connectivity index (χ1n) is 15.0. The van der Waals surface area contributed by atoms with Crippen LogP contribution in [0.15, 0.2) is 18.2 Å². The van der Waals surface area contributed by atoms with Gasteiger partial charge in [-0.1, -0.05) is 64.7 Å². The van der Waals surface area contributed by atoms with E-state index in [1.54, 1.807) is 4.90 Å². The second kappa shape index (κ2) is 13.0. The van der Waals surface area contributed by atoms with Gasteiger partial charge in [0.1, 0.15) is 12.1 Å². The molecule has 1 aromatic rings. The molecule has 0 aromatic heterocycles. The molecule has 4 N–H and O–H groups in total. The fourth-order valence-corrected chi connectivity index (χ4v) is 6.82. The maximum atomic E-state index is 14.0. The third-order valence-electron chi connectivity index (χ3n) is 8.83. The van der Waals surface area contributed by atoms with Crippen molar-refractivity contribution in [2.45, 2.75) is 103 Å². The van der Waals surface area contributed by atoms with E-state index in [2.05, 4.69) is 10.6 Å². The van der Waals surface area contributed by atoms with Crippen molar-refractivity contribution in [2.24, 2.45) is 29.4 Å². The van der Waals surface area contributed by atoms with Crippen molar-refractivity contribution >= 4 is 29.3 Å². The van der Waals surface area contributed by atoms with E-state index in [1.165, 1.54) is 19.3 Å². The molecule has 0 bridgehead atoms. The number of benzene rings is 1. The van der Waals surface area contributed by atoms with E-state index < -0.39 is 29.8 Å². The number of nitrogens with one attached hydrogen (secondary N) is 2. The zero-order valence-electron chi connectivity index (χ0n) is 23.8. The van der Waals surface area contributed by atoms with Crippen LogP contribution in [0, 0.1) is 23.7 Å². The molecule has 1 aliphatic carbocycles. The van der Waals surface area contributed by atoms with E-state index in [-0.39, 0.29) is 23.6 Å². The van der Waals surface area contributed by atoms with E-state index in [9.17, 15) is 19.2 Å². The number of hydrogen-bond donors (Lipinski definition) is 3. The third kappa shape index (κ3) is 6.64. The summed E-state index contributed by atoms with van der Waals surface area (Å²) in [6.07, 6.45) is 9.26. The molecular formula is C31H46N4O4. The van der Waals surface area contributed by atoms with E-state index in [0.717, 1.165) is 36.1 Å². The van der Waals surface area contributed by atoms with Gasteiger partial charge in [0.2, 0.25) is 23.6 Å². The molecule has 0 spiro atoms. The Morgan fingerprint density at radius 1 is 1.05 bits per heavy atom. The van der Waals surface area contributed by atoms with Crippen molar-refractivity contribution in [2.75, 3.05) is 11.4 Å². The average Bonchev–Trinajstić information content (AvgIpc) is 3.25. The molecule has 2 heterocycles. The molecule has 4 amide bonds. The van der Waals surface area contributed by atoms with Crippen molar-refractivity contribution in [1.82, 2.24) is 10.6 Å². The fraction of sp³-hybridized carbons (Fsp3) is 0.677. The van der Waals surface area contributed by atoms with Gasteiger partial charge in [0, 0.05) is 24.8 Å². The molecule has 1 aromatic carbocycles. The Balaban J connectivity index is 1.54. The highest BCUT2D eigenvalue weighted by Gasteiger charge is 2.45. The number of amides is 4. The number of carbonyl (C=O) groups is 4. The molecule has 3 aliphatic rings. The van der Waals surface area contributed by atoms with Crippen LogP contribution < -0.4 is 21.3 Å². The van der Waals surface area contributed by atoms with Gasteiger partial charge in [-0.05, 0) is 61.5 Å². The van der Waals surface area contributed by atoms with Crippen LogP contribution >= 0.6 is 0 Å². The van der Waals surface area contributed by atoms with Crippen molar-refractivity contribution < 1.29 is 19.2 Å². The molecule has 1 fully saturated rings. The van der Waals surface area contributed by atoms with Gasteiger partial charge in [0.05, 0.1) is 5.69 Å². The first kappa shape index (κ1) is 29.1. The molecule has 1 saturated carbocycles. The quantitative estimate of drug-likeness (QED) is 0.398. The highest BCUT2D eigenvalue weighted by molar-refractivity contribution is 6.08. The largest absolute Gasteiger partial charge is 0.369 e. The number of hydrogen-bond acceptors (Lipinski definition) is 4. The van der Waals surface area contributed by atoms with Gasteiger partial charge < -0.3 is 16.4 Å². The van der Waals surface area contributed by atoms with Gasteiger partial charge in [-0.15, -0.1) is 0 Å². The highest BCUT2D eigenvalue weighted by atomic mass is 16.2. The smallest absolute Gasteiger partial charge is 0.250 e. The van der Waals surface area contributed by atoms with Gasteiger partial charge in [-0.3, -0.25) is 24.1 Å². The molecular weight excluding hydrogens is 492 g/mol. The van der Waals surface area contributed by atoms with Crippen LogP contribution in [0.4, 0.5) is 5.69 Å². The molecule has 0 unspecified atom stereocenters. The van der Waals surface area contributed by atoms with E-state index >= 15 is 0 Å². The number of primary amides is 1. The first-order chi connectivity index (χ1) is 18.7. The first-order valence-corrected chi connectivity index (χ1v) is 15.0. The SMILES string of the molecule is CCC[C@H](C(N)=O)[C@@H](CC(C)C)C(=O)N[C@H]1CCc2cccc3c2N(C1=O)[C@H](C(=O)NCC1CCCCC1)C3. The Hall–Kier alpha value is -2.90. The average molecular weight is 539 g/mol. The summed E-state index contributed by atoms with van der Waals surface area (Å²) in [4.78, 5) is 55.1. The molecule has 0 saturated heterocycles. The summed E-state index contributed by atoms with van der Waals surface area (Å²) in [7, 11) is 0. The van der Waals surface area contributed by atoms with Crippen molar-refractivity contribution in [3.63, 3.8) is 0 Å². The molecule has 39 heavy (non-hydrogen) atoms.